The van der Waals surface area contributed by atoms with Gasteiger partial charge in [0.15, 0.2) is 5.17 Å². The van der Waals surface area contributed by atoms with Gasteiger partial charge >= 0.3 is 0 Å². The van der Waals surface area contributed by atoms with Crippen molar-refractivity contribution in [2.75, 3.05) is 0 Å². The second kappa shape index (κ2) is 7.42. The zero-order valence-electron chi connectivity index (χ0n) is 16.1. The van der Waals surface area contributed by atoms with Gasteiger partial charge in [-0.3, -0.25) is 4.79 Å². The molecule has 1 aliphatic heterocycles. The van der Waals surface area contributed by atoms with Gasteiger partial charge in [-0.05, 0) is 79.1 Å². The SMILES string of the molecule is CC(C)(O)c1ccc(C2(C)SC(N[C@@](C)(I)c3ccc(F)cc3)=NC2=O)cc1. The van der Waals surface area contributed by atoms with E-state index in [-0.39, 0.29) is 11.7 Å². The summed E-state index contributed by atoms with van der Waals surface area (Å²) in [4.78, 5) is 16.9. The van der Waals surface area contributed by atoms with Crippen LogP contribution < -0.4 is 5.32 Å². The molecule has 1 aliphatic rings. The lowest BCUT2D eigenvalue weighted by atomic mass is 9.93. The maximum atomic E-state index is 13.2. The van der Waals surface area contributed by atoms with Crippen LogP contribution in [0, 0.1) is 5.82 Å². The maximum Gasteiger partial charge on any atom is 0.268 e. The Bertz CT molecular complexity index is 921. The topological polar surface area (TPSA) is 61.7 Å². The Morgan fingerprint density at radius 3 is 2.14 bits per heavy atom. The molecule has 0 spiro atoms. The van der Waals surface area contributed by atoms with Gasteiger partial charge < -0.3 is 10.4 Å². The number of thioether (sulfide) groups is 1. The predicted octanol–water partition coefficient (Wildman–Crippen LogP) is 4.80. The molecular weight excluding hydrogens is 490 g/mol. The van der Waals surface area contributed by atoms with Crippen molar-refractivity contribution in [2.24, 2.45) is 4.99 Å². The maximum absolute atomic E-state index is 13.2. The van der Waals surface area contributed by atoms with E-state index in [9.17, 15) is 14.3 Å². The van der Waals surface area contributed by atoms with E-state index in [4.69, 9.17) is 0 Å². The van der Waals surface area contributed by atoms with Crippen LogP contribution in [0.1, 0.15) is 44.4 Å². The first-order chi connectivity index (χ1) is 12.9. The molecular formula is C21H22FIN2O2S. The highest BCUT2D eigenvalue weighted by molar-refractivity contribution is 14.1. The van der Waals surface area contributed by atoms with E-state index in [1.54, 1.807) is 26.0 Å². The molecule has 148 valence electrons. The van der Waals surface area contributed by atoms with Gasteiger partial charge in [0.2, 0.25) is 0 Å². The first-order valence-electron chi connectivity index (χ1n) is 8.80. The van der Waals surface area contributed by atoms with Crippen molar-refractivity contribution in [1.82, 2.24) is 5.32 Å². The molecule has 0 fully saturated rings. The molecule has 4 nitrogen and oxygen atoms in total. The quantitative estimate of drug-likeness (QED) is 0.351. The van der Waals surface area contributed by atoms with Crippen molar-refractivity contribution in [3.63, 3.8) is 0 Å². The van der Waals surface area contributed by atoms with E-state index in [1.807, 2.05) is 38.1 Å². The van der Waals surface area contributed by atoms with E-state index in [0.29, 0.717) is 5.17 Å². The Morgan fingerprint density at radius 1 is 1.07 bits per heavy atom. The number of amidine groups is 1. The molecule has 2 atom stereocenters. The van der Waals surface area contributed by atoms with Gasteiger partial charge in [0.1, 0.15) is 14.1 Å². The standard InChI is InChI=1S/C21H22FIN2O2S/c1-19(2,27)13-5-7-14(8-6-13)20(3)17(26)24-18(28-20)25-21(4,23)15-9-11-16(22)12-10-15/h5-12,27H,1-4H3,(H,24,25,26)/t20?,21-/m1/s1. The minimum Gasteiger partial charge on any atom is -0.386 e. The molecule has 7 heteroatoms. The number of halogens is 2. The zero-order chi connectivity index (χ0) is 20.7. The third-order valence-corrected chi connectivity index (χ3v) is 6.88. The molecule has 0 bridgehead atoms. The van der Waals surface area contributed by atoms with Gasteiger partial charge in [-0.1, -0.05) is 48.2 Å². The second-order valence-corrected chi connectivity index (χ2v) is 11.2. The summed E-state index contributed by atoms with van der Waals surface area (Å²) in [6.45, 7) is 7.24. The van der Waals surface area contributed by atoms with Crippen LogP contribution >= 0.6 is 34.4 Å². The predicted molar refractivity (Wildman–Crippen MR) is 120 cm³/mol. The van der Waals surface area contributed by atoms with E-state index in [2.05, 4.69) is 32.9 Å². The highest BCUT2D eigenvalue weighted by Crippen LogP contribution is 2.44. The van der Waals surface area contributed by atoms with Gasteiger partial charge in [-0.2, -0.15) is 4.99 Å². The van der Waals surface area contributed by atoms with Gasteiger partial charge in [0.25, 0.3) is 5.91 Å². The second-order valence-electron chi connectivity index (χ2n) is 7.63. The highest BCUT2D eigenvalue weighted by Gasteiger charge is 2.44. The molecule has 1 amide bonds. The minimum atomic E-state index is -0.937. The lowest BCUT2D eigenvalue weighted by molar-refractivity contribution is -0.119. The summed E-state index contributed by atoms with van der Waals surface area (Å²) in [7, 11) is 0. The first kappa shape index (κ1) is 21.3. The minimum absolute atomic E-state index is 0.234. The molecule has 2 aromatic rings. The molecule has 2 N–H and O–H groups in total. The van der Waals surface area contributed by atoms with Crippen LogP contribution in [0.2, 0.25) is 0 Å². The number of carbonyl (C=O) groups is 1. The summed E-state index contributed by atoms with van der Waals surface area (Å²) >= 11 is 3.58. The summed E-state index contributed by atoms with van der Waals surface area (Å²) in [6.07, 6.45) is 0. The van der Waals surface area contributed by atoms with Crippen molar-refractivity contribution in [3.8, 4) is 0 Å². The molecule has 0 saturated carbocycles. The highest BCUT2D eigenvalue weighted by atomic mass is 127. The summed E-state index contributed by atoms with van der Waals surface area (Å²) < 4.78 is 11.8. The van der Waals surface area contributed by atoms with Gasteiger partial charge in [-0.25, -0.2) is 4.39 Å². The van der Waals surface area contributed by atoms with Crippen LogP contribution in [-0.4, -0.2) is 16.2 Å². The van der Waals surface area contributed by atoms with Gasteiger partial charge in [0, 0.05) is 0 Å². The van der Waals surface area contributed by atoms with Crippen LogP contribution in [0.25, 0.3) is 0 Å². The van der Waals surface area contributed by atoms with Crippen LogP contribution in [-0.2, 0) is 18.7 Å². The number of nitrogens with zero attached hydrogens (tertiary/aromatic N) is 1. The van der Waals surface area contributed by atoms with E-state index >= 15 is 0 Å². The zero-order valence-corrected chi connectivity index (χ0v) is 19.1. The number of hydrogen-bond donors (Lipinski definition) is 2. The molecule has 3 rings (SSSR count). The molecule has 0 aliphatic carbocycles. The Kier molecular flexibility index (Phi) is 5.64. The number of rotatable bonds is 4. The Morgan fingerprint density at radius 2 is 1.61 bits per heavy atom. The number of carbonyl (C=O) groups excluding carboxylic acids is 1. The fourth-order valence-corrected chi connectivity index (χ4v) is 4.88. The third-order valence-electron chi connectivity index (χ3n) is 4.78. The summed E-state index contributed by atoms with van der Waals surface area (Å²) in [5, 5.41) is 14.0. The van der Waals surface area contributed by atoms with E-state index in [0.717, 1.165) is 16.7 Å². The Hall–Kier alpha value is -1.45. The smallest absolute Gasteiger partial charge is 0.268 e. The largest absolute Gasteiger partial charge is 0.386 e. The fourth-order valence-electron chi connectivity index (χ4n) is 2.93. The summed E-state index contributed by atoms with van der Waals surface area (Å²) in [5.41, 5.74) is 1.56. The molecule has 1 heterocycles. The summed E-state index contributed by atoms with van der Waals surface area (Å²) in [5.74, 6) is -0.525. The van der Waals surface area contributed by atoms with Crippen LogP contribution in [0.3, 0.4) is 0 Å². The molecule has 1 unspecified atom stereocenters. The van der Waals surface area contributed by atoms with Crippen molar-refractivity contribution >= 4 is 45.4 Å². The van der Waals surface area contributed by atoms with Gasteiger partial charge in [0.05, 0.1) is 5.60 Å². The number of benzene rings is 2. The van der Waals surface area contributed by atoms with E-state index in [1.165, 1.54) is 23.9 Å². The van der Waals surface area contributed by atoms with Crippen molar-refractivity contribution in [3.05, 3.63) is 71.0 Å². The number of aliphatic hydroxyl groups is 1. The average molecular weight is 512 g/mol. The van der Waals surface area contributed by atoms with Crippen molar-refractivity contribution in [2.45, 2.75) is 41.6 Å². The fraction of sp³-hybridized carbons (Fsp3) is 0.333. The normalized spacial score (nSPS) is 22.0. The first-order valence-corrected chi connectivity index (χ1v) is 10.7. The monoisotopic (exact) mass is 512 g/mol. The van der Waals surface area contributed by atoms with Gasteiger partial charge in [-0.15, -0.1) is 0 Å². The van der Waals surface area contributed by atoms with Crippen molar-refractivity contribution < 1.29 is 14.3 Å². The number of aliphatic imine (C=N–C) groups is 1. The number of nitrogens with one attached hydrogen (secondary N) is 1. The van der Waals surface area contributed by atoms with Crippen LogP contribution in [0.15, 0.2) is 53.5 Å². The number of hydrogen-bond acceptors (Lipinski definition) is 4. The molecule has 0 radical (unpaired) electrons. The van der Waals surface area contributed by atoms with Crippen LogP contribution in [0.5, 0.6) is 0 Å². The summed E-state index contributed by atoms with van der Waals surface area (Å²) in [6, 6.07) is 13.6. The van der Waals surface area contributed by atoms with Crippen LogP contribution in [0.4, 0.5) is 4.39 Å². The van der Waals surface area contributed by atoms with E-state index < -0.39 is 13.9 Å². The average Bonchev–Trinajstić information content (AvgIpc) is 2.88. The Labute approximate surface area is 182 Å². The molecule has 0 saturated heterocycles. The Balaban J connectivity index is 1.80. The van der Waals surface area contributed by atoms with Crippen molar-refractivity contribution in [1.29, 1.82) is 0 Å². The third kappa shape index (κ3) is 4.26. The lowest BCUT2D eigenvalue weighted by Gasteiger charge is -2.27. The number of amides is 1. The lowest BCUT2D eigenvalue weighted by Crippen LogP contribution is -2.37. The molecule has 0 aromatic heterocycles. The number of alkyl halides is 1. The molecule has 2 aromatic carbocycles. The molecule has 28 heavy (non-hydrogen) atoms.